The third kappa shape index (κ3) is 3.58. The minimum absolute atomic E-state index is 0. The lowest BCUT2D eigenvalue weighted by Crippen LogP contribution is -2.35. The van der Waals surface area contributed by atoms with Gasteiger partial charge in [-0.3, -0.25) is 4.79 Å². The van der Waals surface area contributed by atoms with Crippen LogP contribution in [-0.2, 0) is 4.79 Å². The first-order valence-corrected chi connectivity index (χ1v) is 8.29. The summed E-state index contributed by atoms with van der Waals surface area (Å²) in [7, 11) is 0. The molecule has 1 saturated heterocycles. The number of rotatable bonds is 4. The van der Waals surface area contributed by atoms with Crippen molar-refractivity contribution in [2.75, 3.05) is 13.1 Å². The van der Waals surface area contributed by atoms with Crippen molar-refractivity contribution in [1.82, 2.24) is 10.6 Å². The van der Waals surface area contributed by atoms with E-state index in [9.17, 15) is 4.79 Å². The van der Waals surface area contributed by atoms with Crippen LogP contribution >= 0.6 is 24.0 Å². The third-order valence-electron chi connectivity index (χ3n) is 5.08. The van der Waals surface area contributed by atoms with Crippen LogP contribution in [-0.4, -0.2) is 19.0 Å². The number of hydrogen-bond donors (Lipinski definition) is 2. The predicted octanol–water partition coefficient (Wildman–Crippen LogP) is 3.72. The molecule has 0 bridgehead atoms. The second-order valence-electron chi connectivity index (χ2n) is 6.39. The normalized spacial score (nSPS) is 23.5. The predicted molar refractivity (Wildman–Crippen MR) is 92.5 cm³/mol. The fourth-order valence-corrected chi connectivity index (χ4v) is 3.81. The van der Waals surface area contributed by atoms with E-state index in [2.05, 4.69) is 17.6 Å². The fourth-order valence-electron chi connectivity index (χ4n) is 3.61. The van der Waals surface area contributed by atoms with Crippen LogP contribution in [0.1, 0.15) is 44.2 Å². The second-order valence-corrected chi connectivity index (χ2v) is 6.83. The van der Waals surface area contributed by atoms with Crippen LogP contribution in [0, 0.1) is 11.3 Å². The van der Waals surface area contributed by atoms with Gasteiger partial charge in [0.25, 0.3) is 0 Å². The highest BCUT2D eigenvalue weighted by Gasteiger charge is 2.57. The summed E-state index contributed by atoms with van der Waals surface area (Å²) in [5.41, 5.74) is 1.39. The summed E-state index contributed by atoms with van der Waals surface area (Å²) in [6.45, 7) is 4.20. The van der Waals surface area contributed by atoms with Gasteiger partial charge in [-0.25, -0.2) is 0 Å². The molecule has 122 valence electrons. The van der Waals surface area contributed by atoms with E-state index in [-0.39, 0.29) is 30.3 Å². The molecule has 2 atom stereocenters. The molecular weight excluding hydrogens is 319 g/mol. The first-order chi connectivity index (χ1) is 10.1. The Morgan fingerprint density at radius 1 is 1.45 bits per heavy atom. The van der Waals surface area contributed by atoms with E-state index in [0.717, 1.165) is 49.4 Å². The molecule has 22 heavy (non-hydrogen) atoms. The Labute approximate surface area is 143 Å². The Morgan fingerprint density at radius 2 is 2.18 bits per heavy atom. The van der Waals surface area contributed by atoms with E-state index in [1.54, 1.807) is 0 Å². The highest BCUT2D eigenvalue weighted by atomic mass is 35.5. The number of halogens is 2. The number of carbonyl (C=O) groups excluding carboxylic acids is 1. The van der Waals surface area contributed by atoms with Gasteiger partial charge in [0, 0.05) is 10.9 Å². The van der Waals surface area contributed by atoms with E-state index >= 15 is 0 Å². The maximum Gasteiger partial charge on any atom is 0.224 e. The van der Waals surface area contributed by atoms with Crippen molar-refractivity contribution < 1.29 is 4.79 Å². The van der Waals surface area contributed by atoms with Crippen molar-refractivity contribution >= 4 is 29.9 Å². The average molecular weight is 343 g/mol. The van der Waals surface area contributed by atoms with E-state index < -0.39 is 0 Å². The number of piperidine rings is 1. The molecule has 0 radical (unpaired) electrons. The van der Waals surface area contributed by atoms with Crippen LogP contribution in [0.3, 0.4) is 0 Å². The summed E-state index contributed by atoms with van der Waals surface area (Å²) in [6.07, 6.45) is 4.22. The molecule has 3 rings (SSSR count). The standard InChI is InChI=1S/C17H23ClN2O.ClH/c1-2-15(12-4-3-5-13(18)10-12)20-16(21)14-11-17(14)6-8-19-9-7-17;/h3-5,10,14-15,19H,2,6-9,11H2,1H3,(H,20,21);1H. The molecule has 1 aromatic carbocycles. The minimum atomic E-state index is 0. The molecule has 3 nitrogen and oxygen atoms in total. The van der Waals surface area contributed by atoms with Crippen LogP contribution < -0.4 is 10.6 Å². The van der Waals surface area contributed by atoms with Gasteiger partial charge in [0.1, 0.15) is 0 Å². The molecule has 0 aromatic heterocycles. The SMILES string of the molecule is CCC(NC(=O)C1CC12CCNCC2)c1cccc(Cl)c1.Cl. The molecular formula is C17H24Cl2N2O. The molecule has 1 amide bonds. The van der Waals surface area contributed by atoms with Gasteiger partial charge in [0.2, 0.25) is 5.91 Å². The highest BCUT2D eigenvalue weighted by molar-refractivity contribution is 6.30. The number of hydrogen-bond acceptors (Lipinski definition) is 2. The third-order valence-corrected chi connectivity index (χ3v) is 5.32. The minimum Gasteiger partial charge on any atom is -0.349 e. The highest BCUT2D eigenvalue weighted by Crippen LogP contribution is 2.58. The molecule has 2 unspecified atom stereocenters. The Balaban J connectivity index is 0.00000176. The van der Waals surface area contributed by atoms with Crippen molar-refractivity contribution in [3.63, 3.8) is 0 Å². The number of carbonyl (C=O) groups is 1. The molecule has 1 heterocycles. The lowest BCUT2D eigenvalue weighted by molar-refractivity contribution is -0.124. The van der Waals surface area contributed by atoms with Gasteiger partial charge < -0.3 is 10.6 Å². The smallest absolute Gasteiger partial charge is 0.224 e. The van der Waals surface area contributed by atoms with Gasteiger partial charge >= 0.3 is 0 Å². The molecule has 1 aromatic rings. The van der Waals surface area contributed by atoms with Gasteiger partial charge in [0.15, 0.2) is 0 Å². The van der Waals surface area contributed by atoms with Gasteiger partial charge in [-0.2, -0.15) is 0 Å². The van der Waals surface area contributed by atoms with E-state index in [1.807, 2.05) is 24.3 Å². The summed E-state index contributed by atoms with van der Waals surface area (Å²) >= 11 is 6.05. The van der Waals surface area contributed by atoms with Crippen LogP contribution in [0.2, 0.25) is 5.02 Å². The van der Waals surface area contributed by atoms with Crippen molar-refractivity contribution in [2.45, 2.75) is 38.6 Å². The molecule has 1 saturated carbocycles. The molecule has 1 spiro atoms. The maximum absolute atomic E-state index is 12.5. The van der Waals surface area contributed by atoms with Crippen molar-refractivity contribution in [3.05, 3.63) is 34.9 Å². The topological polar surface area (TPSA) is 41.1 Å². The van der Waals surface area contributed by atoms with Crippen LogP contribution in [0.5, 0.6) is 0 Å². The molecule has 5 heteroatoms. The lowest BCUT2D eigenvalue weighted by atomic mass is 9.91. The quantitative estimate of drug-likeness (QED) is 0.875. The van der Waals surface area contributed by atoms with Gasteiger partial charge in [-0.05, 0) is 61.9 Å². The number of amides is 1. The van der Waals surface area contributed by atoms with Crippen LogP contribution in [0.4, 0.5) is 0 Å². The van der Waals surface area contributed by atoms with Crippen LogP contribution in [0.15, 0.2) is 24.3 Å². The van der Waals surface area contributed by atoms with Gasteiger partial charge in [0.05, 0.1) is 6.04 Å². The lowest BCUT2D eigenvalue weighted by Gasteiger charge is -2.24. The van der Waals surface area contributed by atoms with E-state index in [4.69, 9.17) is 11.6 Å². The van der Waals surface area contributed by atoms with Crippen molar-refractivity contribution in [2.24, 2.45) is 11.3 Å². The summed E-state index contributed by atoms with van der Waals surface area (Å²) in [5, 5.41) is 7.33. The average Bonchev–Trinajstić information content (AvgIpc) is 3.18. The second kappa shape index (κ2) is 7.20. The van der Waals surface area contributed by atoms with E-state index in [0.29, 0.717) is 5.41 Å². The Bertz CT molecular complexity index is 529. The monoisotopic (exact) mass is 342 g/mol. The molecule has 2 aliphatic rings. The van der Waals surface area contributed by atoms with E-state index in [1.165, 1.54) is 0 Å². The maximum atomic E-state index is 12.5. The molecule has 1 aliphatic carbocycles. The van der Waals surface area contributed by atoms with Crippen molar-refractivity contribution in [1.29, 1.82) is 0 Å². The molecule has 2 fully saturated rings. The van der Waals surface area contributed by atoms with Crippen molar-refractivity contribution in [3.8, 4) is 0 Å². The molecule has 1 aliphatic heterocycles. The zero-order chi connectivity index (χ0) is 14.9. The number of benzene rings is 1. The first-order valence-electron chi connectivity index (χ1n) is 7.91. The van der Waals surface area contributed by atoms with Gasteiger partial charge in [-0.1, -0.05) is 30.7 Å². The Kier molecular flexibility index (Phi) is 5.76. The number of nitrogens with one attached hydrogen (secondary N) is 2. The summed E-state index contributed by atoms with van der Waals surface area (Å²) in [5.74, 6) is 0.441. The summed E-state index contributed by atoms with van der Waals surface area (Å²) in [4.78, 5) is 12.5. The van der Waals surface area contributed by atoms with Crippen LogP contribution in [0.25, 0.3) is 0 Å². The summed E-state index contributed by atoms with van der Waals surface area (Å²) < 4.78 is 0. The zero-order valence-corrected chi connectivity index (χ0v) is 14.5. The molecule has 2 N–H and O–H groups in total. The largest absolute Gasteiger partial charge is 0.349 e. The van der Waals surface area contributed by atoms with Gasteiger partial charge in [-0.15, -0.1) is 12.4 Å². The zero-order valence-electron chi connectivity index (χ0n) is 12.9. The first kappa shape index (κ1) is 17.6. The Morgan fingerprint density at radius 3 is 2.82 bits per heavy atom. The summed E-state index contributed by atoms with van der Waals surface area (Å²) in [6, 6.07) is 7.86. The Hall–Kier alpha value is -0.770. The fraction of sp³-hybridized carbons (Fsp3) is 0.588.